The van der Waals surface area contributed by atoms with E-state index in [1.807, 2.05) is 12.1 Å². The summed E-state index contributed by atoms with van der Waals surface area (Å²) in [4.78, 5) is 13.0. The van der Waals surface area contributed by atoms with Gasteiger partial charge >= 0.3 is 5.97 Å². The molecule has 0 unspecified atom stereocenters. The van der Waals surface area contributed by atoms with Crippen molar-refractivity contribution in [3.63, 3.8) is 0 Å². The van der Waals surface area contributed by atoms with Crippen LogP contribution in [0.25, 0.3) is 10.8 Å². The van der Waals surface area contributed by atoms with Gasteiger partial charge in [0, 0.05) is 12.6 Å². The number of aliphatic carboxylic acids is 1. The Kier molecular flexibility index (Phi) is 3.22. The number of carbonyl (C=O) groups is 1. The molecule has 0 heterocycles. The van der Waals surface area contributed by atoms with Crippen LogP contribution in [-0.2, 0) is 11.3 Å². The van der Waals surface area contributed by atoms with Gasteiger partial charge in [0.05, 0.1) is 6.54 Å². The van der Waals surface area contributed by atoms with Crippen LogP contribution in [0.1, 0.15) is 18.4 Å². The molecule has 3 rings (SSSR count). The van der Waals surface area contributed by atoms with E-state index in [9.17, 15) is 4.79 Å². The summed E-state index contributed by atoms with van der Waals surface area (Å²) in [6, 6.07) is 15.1. The molecule has 0 amide bonds. The molecule has 3 heteroatoms. The summed E-state index contributed by atoms with van der Waals surface area (Å²) in [5.74, 6) is -0.743. The summed E-state index contributed by atoms with van der Waals surface area (Å²) < 4.78 is 0. The lowest BCUT2D eigenvalue weighted by molar-refractivity contribution is -0.138. The molecule has 0 spiro atoms. The Labute approximate surface area is 112 Å². The molecule has 3 nitrogen and oxygen atoms in total. The smallest absolute Gasteiger partial charge is 0.317 e. The maximum absolute atomic E-state index is 10.9. The summed E-state index contributed by atoms with van der Waals surface area (Å²) >= 11 is 0. The van der Waals surface area contributed by atoms with Crippen molar-refractivity contribution in [1.82, 2.24) is 4.90 Å². The molecule has 0 atom stereocenters. The van der Waals surface area contributed by atoms with Gasteiger partial charge in [0.2, 0.25) is 0 Å². The Morgan fingerprint density at radius 2 is 1.89 bits per heavy atom. The minimum Gasteiger partial charge on any atom is -0.480 e. The average Bonchev–Trinajstić information content (AvgIpc) is 3.21. The van der Waals surface area contributed by atoms with Crippen LogP contribution in [0.5, 0.6) is 0 Å². The molecule has 2 aromatic carbocycles. The van der Waals surface area contributed by atoms with E-state index in [0.717, 1.165) is 19.4 Å². The quantitative estimate of drug-likeness (QED) is 0.893. The molecule has 0 aromatic heterocycles. The van der Waals surface area contributed by atoms with Crippen molar-refractivity contribution in [2.45, 2.75) is 25.4 Å². The van der Waals surface area contributed by atoms with E-state index in [1.54, 1.807) is 0 Å². The Hall–Kier alpha value is -1.87. The van der Waals surface area contributed by atoms with Crippen LogP contribution in [0.3, 0.4) is 0 Å². The third kappa shape index (κ3) is 2.93. The highest BCUT2D eigenvalue weighted by molar-refractivity contribution is 5.83. The lowest BCUT2D eigenvalue weighted by Crippen LogP contribution is -2.31. The monoisotopic (exact) mass is 255 g/mol. The predicted octanol–water partition coefficient (Wildman–Crippen LogP) is 2.89. The summed E-state index contributed by atoms with van der Waals surface area (Å²) in [6.45, 7) is 0.860. The molecule has 0 aliphatic heterocycles. The molecular formula is C16H17NO2. The maximum atomic E-state index is 10.9. The molecule has 0 radical (unpaired) electrons. The summed E-state index contributed by atoms with van der Waals surface area (Å²) in [7, 11) is 0. The normalized spacial score (nSPS) is 15.0. The van der Waals surface area contributed by atoms with Crippen LogP contribution in [0, 0.1) is 0 Å². The highest BCUT2D eigenvalue weighted by Crippen LogP contribution is 2.28. The molecule has 1 aliphatic rings. The van der Waals surface area contributed by atoms with Crippen LogP contribution in [0.4, 0.5) is 0 Å². The Bertz CT molecular complexity index is 604. The van der Waals surface area contributed by atoms with Crippen LogP contribution >= 0.6 is 0 Å². The number of carboxylic acids is 1. The second kappa shape index (κ2) is 5.02. The first-order chi connectivity index (χ1) is 9.22. The molecule has 2 aromatic rings. The lowest BCUT2D eigenvalue weighted by Gasteiger charge is -2.19. The van der Waals surface area contributed by atoms with Gasteiger partial charge in [-0.2, -0.15) is 0 Å². The number of fused-ring (bicyclic) bond motifs is 1. The molecule has 1 fully saturated rings. The summed E-state index contributed by atoms with van der Waals surface area (Å²) in [6.07, 6.45) is 2.25. The largest absolute Gasteiger partial charge is 0.480 e. The van der Waals surface area contributed by atoms with Gasteiger partial charge < -0.3 is 5.11 Å². The second-order valence-electron chi connectivity index (χ2n) is 5.21. The van der Waals surface area contributed by atoms with Crippen molar-refractivity contribution in [1.29, 1.82) is 0 Å². The molecule has 19 heavy (non-hydrogen) atoms. The number of hydrogen-bond acceptors (Lipinski definition) is 2. The number of hydrogen-bond donors (Lipinski definition) is 1. The zero-order valence-electron chi connectivity index (χ0n) is 10.7. The topological polar surface area (TPSA) is 40.5 Å². The fourth-order valence-electron chi connectivity index (χ4n) is 2.50. The molecule has 98 valence electrons. The fraction of sp³-hybridized carbons (Fsp3) is 0.312. The molecule has 1 aliphatic carbocycles. The molecule has 1 saturated carbocycles. The average molecular weight is 255 g/mol. The van der Waals surface area contributed by atoms with Crippen molar-refractivity contribution >= 4 is 16.7 Å². The number of benzene rings is 2. The first kappa shape index (κ1) is 12.2. The standard InChI is InChI=1S/C16H17NO2/c18-16(19)11-17(15-7-8-15)10-12-5-6-13-3-1-2-4-14(13)9-12/h1-6,9,15H,7-8,10-11H2,(H,18,19). The molecular weight excluding hydrogens is 238 g/mol. The van der Waals surface area contributed by atoms with Crippen LogP contribution in [-0.4, -0.2) is 28.6 Å². The molecule has 1 N–H and O–H groups in total. The van der Waals surface area contributed by atoms with Crippen LogP contribution in [0.2, 0.25) is 0 Å². The molecule has 0 bridgehead atoms. The zero-order valence-corrected chi connectivity index (χ0v) is 10.7. The third-order valence-corrected chi connectivity index (χ3v) is 3.60. The summed E-state index contributed by atoms with van der Waals surface area (Å²) in [5, 5.41) is 11.4. The summed E-state index contributed by atoms with van der Waals surface area (Å²) in [5.41, 5.74) is 1.19. The Balaban J connectivity index is 1.80. The van der Waals surface area contributed by atoms with Gasteiger partial charge in [-0.3, -0.25) is 9.69 Å². The number of nitrogens with zero attached hydrogens (tertiary/aromatic N) is 1. The Morgan fingerprint density at radius 3 is 2.58 bits per heavy atom. The van der Waals surface area contributed by atoms with Crippen molar-refractivity contribution in [2.75, 3.05) is 6.54 Å². The van der Waals surface area contributed by atoms with Crippen molar-refractivity contribution in [3.05, 3.63) is 48.0 Å². The van der Waals surface area contributed by atoms with Crippen LogP contribution in [0.15, 0.2) is 42.5 Å². The van der Waals surface area contributed by atoms with E-state index in [1.165, 1.54) is 16.3 Å². The van der Waals surface area contributed by atoms with E-state index < -0.39 is 5.97 Å². The van der Waals surface area contributed by atoms with Gasteiger partial charge in [-0.1, -0.05) is 36.4 Å². The first-order valence-electron chi connectivity index (χ1n) is 6.66. The van der Waals surface area contributed by atoms with Gasteiger partial charge in [0.1, 0.15) is 0 Å². The maximum Gasteiger partial charge on any atom is 0.317 e. The van der Waals surface area contributed by atoms with Gasteiger partial charge in [-0.05, 0) is 35.2 Å². The number of carboxylic acid groups (broad SMARTS) is 1. The van der Waals surface area contributed by atoms with Gasteiger partial charge in [0.25, 0.3) is 0 Å². The second-order valence-corrected chi connectivity index (χ2v) is 5.21. The zero-order chi connectivity index (χ0) is 13.2. The minimum atomic E-state index is -0.743. The number of rotatable bonds is 5. The van der Waals surface area contributed by atoms with E-state index >= 15 is 0 Å². The SMILES string of the molecule is O=C(O)CN(Cc1ccc2ccccc2c1)C1CC1. The third-order valence-electron chi connectivity index (χ3n) is 3.60. The lowest BCUT2D eigenvalue weighted by atomic mass is 10.1. The van der Waals surface area contributed by atoms with E-state index in [2.05, 4.69) is 35.2 Å². The van der Waals surface area contributed by atoms with E-state index in [0.29, 0.717) is 6.04 Å². The predicted molar refractivity (Wildman–Crippen MR) is 75.0 cm³/mol. The first-order valence-corrected chi connectivity index (χ1v) is 6.66. The van der Waals surface area contributed by atoms with Gasteiger partial charge in [-0.25, -0.2) is 0 Å². The highest BCUT2D eigenvalue weighted by Gasteiger charge is 2.30. The molecule has 0 saturated heterocycles. The van der Waals surface area contributed by atoms with Gasteiger partial charge in [-0.15, -0.1) is 0 Å². The Morgan fingerprint density at radius 1 is 1.16 bits per heavy atom. The minimum absolute atomic E-state index is 0.136. The van der Waals surface area contributed by atoms with Crippen molar-refractivity contribution in [2.24, 2.45) is 0 Å². The van der Waals surface area contributed by atoms with Crippen molar-refractivity contribution < 1.29 is 9.90 Å². The highest BCUT2D eigenvalue weighted by atomic mass is 16.4. The van der Waals surface area contributed by atoms with Crippen molar-refractivity contribution in [3.8, 4) is 0 Å². The van der Waals surface area contributed by atoms with Crippen LogP contribution < -0.4 is 0 Å². The van der Waals surface area contributed by atoms with E-state index in [-0.39, 0.29) is 6.54 Å². The van der Waals surface area contributed by atoms with Gasteiger partial charge in [0.15, 0.2) is 0 Å². The van der Waals surface area contributed by atoms with E-state index in [4.69, 9.17) is 5.11 Å². The fourth-order valence-corrected chi connectivity index (χ4v) is 2.50.